The number of benzene rings is 1. The zero-order valence-corrected chi connectivity index (χ0v) is 16.0. The summed E-state index contributed by atoms with van der Waals surface area (Å²) in [5, 5.41) is 8.59. The van der Waals surface area contributed by atoms with Gasteiger partial charge in [-0.25, -0.2) is 0 Å². The van der Waals surface area contributed by atoms with Gasteiger partial charge >= 0.3 is 0 Å². The second kappa shape index (κ2) is 8.15. The molecular formula is C21H23N3OS. The molecule has 0 saturated carbocycles. The Labute approximate surface area is 158 Å². The maximum Gasteiger partial charge on any atom is 0.254 e. The fourth-order valence-electron chi connectivity index (χ4n) is 2.92. The van der Waals surface area contributed by atoms with Crippen LogP contribution in [0.25, 0.3) is 0 Å². The van der Waals surface area contributed by atoms with Gasteiger partial charge in [-0.1, -0.05) is 18.2 Å². The number of aromatic nitrogens is 2. The Bertz CT molecular complexity index is 879. The summed E-state index contributed by atoms with van der Waals surface area (Å²) in [6.45, 7) is 9.66. The average Bonchev–Trinajstić information content (AvgIpc) is 3.24. The zero-order chi connectivity index (χ0) is 18.5. The van der Waals surface area contributed by atoms with Crippen LogP contribution >= 0.6 is 11.3 Å². The van der Waals surface area contributed by atoms with Gasteiger partial charge in [0.2, 0.25) is 0 Å². The summed E-state index contributed by atoms with van der Waals surface area (Å²) >= 11 is 1.64. The van der Waals surface area contributed by atoms with Crippen molar-refractivity contribution in [1.29, 1.82) is 0 Å². The molecule has 3 aromatic rings. The van der Waals surface area contributed by atoms with E-state index in [1.54, 1.807) is 17.4 Å². The quantitative estimate of drug-likeness (QED) is 0.581. The zero-order valence-electron chi connectivity index (χ0n) is 15.2. The minimum atomic E-state index is 0.0220. The summed E-state index contributed by atoms with van der Waals surface area (Å²) in [5.74, 6) is 0.0220. The van der Waals surface area contributed by atoms with Crippen molar-refractivity contribution in [2.24, 2.45) is 0 Å². The third kappa shape index (κ3) is 4.29. The summed E-state index contributed by atoms with van der Waals surface area (Å²) in [4.78, 5) is 14.7. The van der Waals surface area contributed by atoms with Gasteiger partial charge in [-0.15, -0.1) is 6.58 Å². The lowest BCUT2D eigenvalue weighted by Gasteiger charge is -2.21. The second-order valence-corrected chi connectivity index (χ2v) is 7.17. The fraction of sp³-hybridized carbons (Fsp3) is 0.238. The van der Waals surface area contributed by atoms with Crippen molar-refractivity contribution >= 4 is 17.2 Å². The molecule has 0 fully saturated rings. The standard InChI is InChI=1S/C21H23N3OS/c1-4-10-23(13-19-9-11-26-15-19)21(25)20-7-5-18(6-8-20)14-24-17(3)12-16(2)22-24/h4-9,11-12,15H,1,10,13-14H2,2-3H3. The van der Waals surface area contributed by atoms with Gasteiger partial charge in [-0.3, -0.25) is 9.48 Å². The molecular weight excluding hydrogens is 342 g/mol. The van der Waals surface area contributed by atoms with Crippen LogP contribution in [0.15, 0.2) is 59.8 Å². The van der Waals surface area contributed by atoms with E-state index in [9.17, 15) is 4.79 Å². The molecule has 0 aliphatic rings. The van der Waals surface area contributed by atoms with Gasteiger partial charge in [0, 0.05) is 24.3 Å². The Balaban J connectivity index is 1.72. The number of carbonyl (C=O) groups is 1. The van der Waals surface area contributed by atoms with Crippen LogP contribution in [-0.4, -0.2) is 27.1 Å². The highest BCUT2D eigenvalue weighted by molar-refractivity contribution is 7.07. The Morgan fingerprint density at radius 2 is 2.00 bits per heavy atom. The van der Waals surface area contributed by atoms with E-state index in [0.29, 0.717) is 25.2 Å². The molecule has 0 spiro atoms. The Hall–Kier alpha value is -2.66. The summed E-state index contributed by atoms with van der Waals surface area (Å²) in [7, 11) is 0. The first-order valence-electron chi connectivity index (χ1n) is 8.58. The van der Waals surface area contributed by atoms with E-state index in [-0.39, 0.29) is 5.91 Å². The number of rotatable bonds is 7. The predicted molar refractivity (Wildman–Crippen MR) is 107 cm³/mol. The monoisotopic (exact) mass is 365 g/mol. The van der Waals surface area contributed by atoms with E-state index in [0.717, 1.165) is 22.5 Å². The molecule has 0 bridgehead atoms. The predicted octanol–water partition coefficient (Wildman–Crippen LogP) is 4.44. The third-order valence-corrected chi connectivity index (χ3v) is 4.96. The van der Waals surface area contributed by atoms with E-state index in [4.69, 9.17) is 0 Å². The van der Waals surface area contributed by atoms with Crippen LogP contribution in [-0.2, 0) is 13.1 Å². The molecule has 5 heteroatoms. The number of thiophene rings is 1. The summed E-state index contributed by atoms with van der Waals surface area (Å²) in [6, 6.07) is 11.9. The molecule has 2 aromatic heterocycles. The van der Waals surface area contributed by atoms with Crippen LogP contribution < -0.4 is 0 Å². The highest BCUT2D eigenvalue weighted by atomic mass is 32.1. The van der Waals surface area contributed by atoms with E-state index in [1.807, 2.05) is 52.2 Å². The van der Waals surface area contributed by atoms with E-state index < -0.39 is 0 Å². The van der Waals surface area contributed by atoms with Gasteiger partial charge in [0.05, 0.1) is 12.2 Å². The molecule has 1 aromatic carbocycles. The van der Waals surface area contributed by atoms with Crippen molar-refractivity contribution in [3.05, 3.63) is 87.9 Å². The molecule has 2 heterocycles. The van der Waals surface area contributed by atoms with Gasteiger partial charge in [0.1, 0.15) is 0 Å². The smallest absolute Gasteiger partial charge is 0.254 e. The second-order valence-electron chi connectivity index (χ2n) is 6.39. The first-order valence-corrected chi connectivity index (χ1v) is 9.52. The first kappa shape index (κ1) is 18.1. The lowest BCUT2D eigenvalue weighted by atomic mass is 10.1. The highest BCUT2D eigenvalue weighted by Gasteiger charge is 2.15. The minimum absolute atomic E-state index is 0.0220. The number of hydrogen-bond donors (Lipinski definition) is 0. The summed E-state index contributed by atoms with van der Waals surface area (Å²) in [6.07, 6.45) is 1.77. The van der Waals surface area contributed by atoms with E-state index in [2.05, 4.69) is 30.0 Å². The van der Waals surface area contributed by atoms with Crippen molar-refractivity contribution in [3.63, 3.8) is 0 Å². The van der Waals surface area contributed by atoms with Crippen molar-refractivity contribution in [2.75, 3.05) is 6.54 Å². The van der Waals surface area contributed by atoms with E-state index in [1.165, 1.54) is 0 Å². The SMILES string of the molecule is C=CCN(Cc1ccsc1)C(=O)c1ccc(Cn2nc(C)cc2C)cc1. The lowest BCUT2D eigenvalue weighted by Crippen LogP contribution is -2.30. The topological polar surface area (TPSA) is 38.1 Å². The molecule has 0 radical (unpaired) electrons. The number of amides is 1. The largest absolute Gasteiger partial charge is 0.331 e. The van der Waals surface area contributed by atoms with Crippen molar-refractivity contribution in [3.8, 4) is 0 Å². The van der Waals surface area contributed by atoms with Gasteiger partial charge in [-0.05, 0) is 60.0 Å². The van der Waals surface area contributed by atoms with Crippen molar-refractivity contribution < 1.29 is 4.79 Å². The molecule has 0 unspecified atom stereocenters. The molecule has 0 saturated heterocycles. The molecule has 26 heavy (non-hydrogen) atoms. The van der Waals surface area contributed by atoms with Crippen LogP contribution in [0.1, 0.15) is 32.9 Å². The van der Waals surface area contributed by atoms with Crippen LogP contribution in [0.2, 0.25) is 0 Å². The lowest BCUT2D eigenvalue weighted by molar-refractivity contribution is 0.0763. The number of nitrogens with zero attached hydrogens (tertiary/aromatic N) is 3. The number of carbonyl (C=O) groups excluding carboxylic acids is 1. The maximum absolute atomic E-state index is 12.9. The maximum atomic E-state index is 12.9. The molecule has 1 amide bonds. The van der Waals surface area contributed by atoms with Crippen molar-refractivity contribution in [2.45, 2.75) is 26.9 Å². The molecule has 4 nitrogen and oxygen atoms in total. The fourth-order valence-corrected chi connectivity index (χ4v) is 3.58. The Morgan fingerprint density at radius 3 is 2.58 bits per heavy atom. The highest BCUT2D eigenvalue weighted by Crippen LogP contribution is 2.14. The van der Waals surface area contributed by atoms with Gasteiger partial charge in [0.15, 0.2) is 0 Å². The number of aryl methyl sites for hydroxylation is 2. The average molecular weight is 366 g/mol. The van der Waals surface area contributed by atoms with Crippen LogP contribution in [0.5, 0.6) is 0 Å². The van der Waals surface area contributed by atoms with Gasteiger partial charge in [0.25, 0.3) is 5.91 Å². The van der Waals surface area contributed by atoms with Gasteiger partial charge < -0.3 is 4.90 Å². The molecule has 0 aliphatic heterocycles. The van der Waals surface area contributed by atoms with Crippen LogP contribution in [0.4, 0.5) is 0 Å². The molecule has 3 rings (SSSR count). The first-order chi connectivity index (χ1) is 12.6. The normalized spacial score (nSPS) is 10.7. The summed E-state index contributed by atoms with van der Waals surface area (Å²) in [5.41, 5.74) is 5.12. The van der Waals surface area contributed by atoms with Crippen LogP contribution in [0, 0.1) is 13.8 Å². The molecule has 0 aliphatic carbocycles. The molecule has 0 atom stereocenters. The van der Waals surface area contributed by atoms with Crippen LogP contribution in [0.3, 0.4) is 0 Å². The van der Waals surface area contributed by atoms with Gasteiger partial charge in [-0.2, -0.15) is 16.4 Å². The Morgan fingerprint density at radius 1 is 1.23 bits per heavy atom. The minimum Gasteiger partial charge on any atom is -0.331 e. The van der Waals surface area contributed by atoms with E-state index >= 15 is 0 Å². The molecule has 0 N–H and O–H groups in total. The molecule has 134 valence electrons. The third-order valence-electron chi connectivity index (χ3n) is 4.23. The van der Waals surface area contributed by atoms with Crippen molar-refractivity contribution in [1.82, 2.24) is 14.7 Å². The number of hydrogen-bond acceptors (Lipinski definition) is 3. The Kier molecular flexibility index (Phi) is 5.68. The summed E-state index contributed by atoms with van der Waals surface area (Å²) < 4.78 is 1.98.